The number of carbonyl (C=O) groups is 2. The first-order chi connectivity index (χ1) is 16.1. The van der Waals surface area contributed by atoms with E-state index in [2.05, 4.69) is 22.6 Å². The number of rotatable bonds is 5. The molecule has 2 aliphatic rings. The summed E-state index contributed by atoms with van der Waals surface area (Å²) in [6.45, 7) is 1.76. The van der Waals surface area contributed by atoms with Crippen LogP contribution in [0.5, 0.6) is 0 Å². The molecule has 168 valence electrons. The number of likely N-dealkylation sites (N-methyl/N-ethyl adjacent to an activating group) is 1. The van der Waals surface area contributed by atoms with Crippen molar-refractivity contribution in [3.8, 4) is 11.3 Å². The number of hydrogen-bond acceptors (Lipinski definition) is 4. The minimum atomic E-state index is -0.135. The third-order valence-corrected chi connectivity index (χ3v) is 6.47. The summed E-state index contributed by atoms with van der Waals surface area (Å²) in [6.07, 6.45) is 5.34. The van der Waals surface area contributed by atoms with Crippen LogP contribution in [0.4, 0.5) is 5.69 Å². The molecule has 1 fully saturated rings. The molecule has 0 aliphatic carbocycles. The molecule has 3 aromatic rings. The molecule has 3 heterocycles. The Labute approximate surface area is 193 Å². The van der Waals surface area contributed by atoms with E-state index in [0.29, 0.717) is 35.2 Å². The van der Waals surface area contributed by atoms with Crippen molar-refractivity contribution >= 4 is 29.2 Å². The maximum atomic E-state index is 12.6. The van der Waals surface area contributed by atoms with E-state index in [1.165, 1.54) is 12.8 Å². The second kappa shape index (κ2) is 9.08. The number of piperidine rings is 1. The Morgan fingerprint density at radius 2 is 1.94 bits per heavy atom. The van der Waals surface area contributed by atoms with Crippen molar-refractivity contribution in [1.82, 2.24) is 10.2 Å². The molecule has 6 heteroatoms. The maximum Gasteiger partial charge on any atom is 0.256 e. The van der Waals surface area contributed by atoms with E-state index < -0.39 is 0 Å². The zero-order valence-corrected chi connectivity index (χ0v) is 18.6. The van der Waals surface area contributed by atoms with E-state index in [4.69, 9.17) is 4.42 Å². The lowest BCUT2D eigenvalue weighted by molar-refractivity contribution is -0.110. The van der Waals surface area contributed by atoms with Gasteiger partial charge in [-0.1, -0.05) is 36.8 Å². The lowest BCUT2D eigenvalue weighted by Crippen LogP contribution is -2.44. The Hall–Kier alpha value is -3.64. The van der Waals surface area contributed by atoms with Crippen LogP contribution < -0.4 is 10.6 Å². The van der Waals surface area contributed by atoms with Crippen LogP contribution in [-0.2, 0) is 4.79 Å². The van der Waals surface area contributed by atoms with E-state index in [1.807, 2.05) is 60.7 Å². The lowest BCUT2D eigenvalue weighted by Gasteiger charge is -2.32. The summed E-state index contributed by atoms with van der Waals surface area (Å²) in [5.74, 6) is 1.09. The Balaban J connectivity index is 1.26. The van der Waals surface area contributed by atoms with Gasteiger partial charge in [-0.15, -0.1) is 0 Å². The first-order valence-corrected chi connectivity index (χ1v) is 11.4. The normalized spacial score (nSPS) is 19.4. The number of anilines is 1. The summed E-state index contributed by atoms with van der Waals surface area (Å²) < 4.78 is 5.97. The van der Waals surface area contributed by atoms with Crippen molar-refractivity contribution < 1.29 is 14.0 Å². The molecule has 0 bridgehead atoms. The highest BCUT2D eigenvalue weighted by atomic mass is 16.3. The zero-order valence-electron chi connectivity index (χ0n) is 18.6. The van der Waals surface area contributed by atoms with Gasteiger partial charge in [0.05, 0.1) is 5.57 Å². The summed E-state index contributed by atoms with van der Waals surface area (Å²) in [7, 11) is 2.12. The molecule has 1 atom stereocenters. The number of likely N-dealkylation sites (tertiary alicyclic amines) is 1. The molecule has 1 aromatic heterocycles. The quantitative estimate of drug-likeness (QED) is 0.565. The Bertz CT molecular complexity index is 1210. The van der Waals surface area contributed by atoms with Crippen LogP contribution in [0.15, 0.2) is 65.1 Å². The number of para-hydroxylation sites is 1. The Morgan fingerprint density at radius 3 is 2.76 bits per heavy atom. The second-order valence-corrected chi connectivity index (χ2v) is 8.68. The number of carbonyl (C=O) groups excluding carboxylic acids is 2. The smallest absolute Gasteiger partial charge is 0.256 e. The van der Waals surface area contributed by atoms with Gasteiger partial charge in [0, 0.05) is 35.0 Å². The number of nitrogens with zero attached hydrogens (tertiary/aromatic N) is 1. The van der Waals surface area contributed by atoms with Crippen LogP contribution in [0.3, 0.4) is 0 Å². The van der Waals surface area contributed by atoms with E-state index in [0.717, 1.165) is 29.8 Å². The predicted molar refractivity (Wildman–Crippen MR) is 130 cm³/mol. The summed E-state index contributed by atoms with van der Waals surface area (Å²) >= 11 is 0. The molecule has 33 heavy (non-hydrogen) atoms. The molecule has 2 N–H and O–H groups in total. The van der Waals surface area contributed by atoms with Crippen molar-refractivity contribution in [1.29, 1.82) is 0 Å². The fourth-order valence-corrected chi connectivity index (χ4v) is 4.51. The van der Waals surface area contributed by atoms with Crippen molar-refractivity contribution in [2.45, 2.75) is 25.3 Å². The highest BCUT2D eigenvalue weighted by molar-refractivity contribution is 6.34. The van der Waals surface area contributed by atoms with Crippen molar-refractivity contribution in [2.75, 3.05) is 25.5 Å². The predicted octanol–water partition coefficient (Wildman–Crippen LogP) is 4.65. The SMILES string of the molecule is CN1CCCCC1CNC(=O)c1ccc(-c2ccc(C=C3C(=O)Nc4ccccc43)o2)cc1. The molecule has 0 spiro atoms. The topological polar surface area (TPSA) is 74.6 Å². The van der Waals surface area contributed by atoms with Crippen molar-refractivity contribution in [2.24, 2.45) is 0 Å². The lowest BCUT2D eigenvalue weighted by atomic mass is 10.0. The van der Waals surface area contributed by atoms with Crippen LogP contribution in [0, 0.1) is 0 Å². The van der Waals surface area contributed by atoms with E-state index in [1.54, 1.807) is 6.08 Å². The first-order valence-electron chi connectivity index (χ1n) is 11.4. The van der Waals surface area contributed by atoms with Gasteiger partial charge in [0.1, 0.15) is 11.5 Å². The molecule has 2 aromatic carbocycles. The Kier molecular flexibility index (Phi) is 5.84. The average Bonchev–Trinajstić information content (AvgIpc) is 3.43. The highest BCUT2D eigenvalue weighted by Gasteiger charge is 2.24. The highest BCUT2D eigenvalue weighted by Crippen LogP contribution is 2.33. The van der Waals surface area contributed by atoms with Gasteiger partial charge < -0.3 is 20.0 Å². The van der Waals surface area contributed by atoms with Gasteiger partial charge in [-0.25, -0.2) is 0 Å². The van der Waals surface area contributed by atoms with Crippen molar-refractivity contribution in [3.63, 3.8) is 0 Å². The molecular weight excluding hydrogens is 414 g/mol. The fraction of sp³-hybridized carbons (Fsp3) is 0.259. The summed E-state index contributed by atoms with van der Waals surface area (Å²) in [5.41, 5.74) is 3.77. The number of nitrogens with one attached hydrogen (secondary N) is 2. The molecule has 1 saturated heterocycles. The summed E-state index contributed by atoms with van der Waals surface area (Å²) in [5, 5.41) is 5.93. The van der Waals surface area contributed by atoms with Gasteiger partial charge in [-0.2, -0.15) is 0 Å². The first kappa shape index (κ1) is 21.2. The van der Waals surface area contributed by atoms with Crippen LogP contribution in [0.25, 0.3) is 23.0 Å². The number of furan rings is 1. The number of amides is 2. The maximum absolute atomic E-state index is 12.6. The molecule has 0 saturated carbocycles. The molecule has 6 nitrogen and oxygen atoms in total. The number of hydrogen-bond donors (Lipinski definition) is 2. The summed E-state index contributed by atoms with van der Waals surface area (Å²) in [4.78, 5) is 27.2. The minimum absolute atomic E-state index is 0.0590. The summed E-state index contributed by atoms with van der Waals surface area (Å²) in [6, 6.07) is 19.1. The van der Waals surface area contributed by atoms with E-state index in [-0.39, 0.29) is 11.8 Å². The standard InChI is InChI=1S/C27H27N3O3/c1-30-15-5-4-6-20(30)17-28-26(31)19-11-9-18(10-12-19)25-14-13-21(33-25)16-23-22-7-2-3-8-24(22)29-27(23)32/h2-3,7-14,16,20H,4-6,15,17H2,1H3,(H,28,31)(H,29,32). The average molecular weight is 442 g/mol. The van der Waals surface area contributed by atoms with Gasteiger partial charge in [-0.05, 0) is 62.8 Å². The molecule has 0 radical (unpaired) electrons. The monoisotopic (exact) mass is 441 g/mol. The van der Waals surface area contributed by atoms with Crippen LogP contribution in [0.1, 0.15) is 40.9 Å². The van der Waals surface area contributed by atoms with Gasteiger partial charge in [0.25, 0.3) is 11.8 Å². The molecule has 2 aliphatic heterocycles. The number of fused-ring (bicyclic) bond motifs is 1. The van der Waals surface area contributed by atoms with E-state index >= 15 is 0 Å². The molecule has 2 amide bonds. The molecule has 5 rings (SSSR count). The molecule has 1 unspecified atom stereocenters. The third-order valence-electron chi connectivity index (χ3n) is 6.47. The Morgan fingerprint density at radius 1 is 1.12 bits per heavy atom. The van der Waals surface area contributed by atoms with E-state index in [9.17, 15) is 9.59 Å². The van der Waals surface area contributed by atoms with Gasteiger partial charge >= 0.3 is 0 Å². The molecular formula is C27H27N3O3. The second-order valence-electron chi connectivity index (χ2n) is 8.68. The van der Waals surface area contributed by atoms with Crippen LogP contribution in [0.2, 0.25) is 0 Å². The fourth-order valence-electron chi connectivity index (χ4n) is 4.51. The van der Waals surface area contributed by atoms with Crippen LogP contribution in [-0.4, -0.2) is 42.9 Å². The minimum Gasteiger partial charge on any atom is -0.457 e. The largest absolute Gasteiger partial charge is 0.457 e. The van der Waals surface area contributed by atoms with Crippen LogP contribution >= 0.6 is 0 Å². The van der Waals surface area contributed by atoms with Crippen molar-refractivity contribution in [3.05, 3.63) is 77.6 Å². The van der Waals surface area contributed by atoms with Gasteiger partial charge in [0.15, 0.2) is 0 Å². The van der Waals surface area contributed by atoms with Gasteiger partial charge in [0.2, 0.25) is 0 Å². The third kappa shape index (κ3) is 4.47. The van der Waals surface area contributed by atoms with Gasteiger partial charge in [-0.3, -0.25) is 9.59 Å². The zero-order chi connectivity index (χ0) is 22.8. The number of benzene rings is 2.